The van der Waals surface area contributed by atoms with Gasteiger partial charge in [-0.15, -0.1) is 0 Å². The van der Waals surface area contributed by atoms with Gasteiger partial charge in [-0.1, -0.05) is 41.6 Å². The molecule has 0 bridgehead atoms. The molecule has 3 aromatic rings. The number of nitrogens with one attached hydrogen (secondary N) is 1. The zero-order valence-corrected chi connectivity index (χ0v) is 25.4. The van der Waals surface area contributed by atoms with Gasteiger partial charge < -0.3 is 30.6 Å². The topological polar surface area (TPSA) is 147 Å². The van der Waals surface area contributed by atoms with Crippen molar-refractivity contribution in [2.45, 2.75) is 64.8 Å². The average Bonchev–Trinajstić information content (AvgIpc) is 3.11. The number of carbonyl (C=O) groups excluding carboxylic acids is 3. The quantitative estimate of drug-likeness (QED) is 0.162. The van der Waals surface area contributed by atoms with E-state index in [1.54, 1.807) is 51.8 Å². The van der Waals surface area contributed by atoms with E-state index in [9.17, 15) is 14.4 Å². The zero-order valence-electron chi connectivity index (χ0n) is 25.4. The highest BCUT2D eigenvalue weighted by atomic mass is 16.6. The van der Waals surface area contributed by atoms with Crippen molar-refractivity contribution in [3.05, 3.63) is 71.3 Å². The van der Waals surface area contributed by atoms with Gasteiger partial charge in [0.1, 0.15) is 23.4 Å². The normalized spacial score (nSPS) is 16.2. The van der Waals surface area contributed by atoms with E-state index in [1.165, 1.54) is 11.9 Å². The number of amidine groups is 1. The maximum absolute atomic E-state index is 14.2. The first-order valence-corrected chi connectivity index (χ1v) is 14.1. The molecule has 11 nitrogen and oxygen atoms in total. The first-order valence-electron chi connectivity index (χ1n) is 14.1. The van der Waals surface area contributed by atoms with Crippen LogP contribution in [0.5, 0.6) is 5.75 Å². The van der Waals surface area contributed by atoms with Crippen molar-refractivity contribution in [1.82, 2.24) is 10.2 Å². The van der Waals surface area contributed by atoms with E-state index in [0.29, 0.717) is 24.2 Å². The molecule has 3 amide bonds. The molecule has 0 spiro atoms. The number of oxime groups is 1. The maximum Gasteiger partial charge on any atom is 0.410 e. The highest BCUT2D eigenvalue weighted by Crippen LogP contribution is 2.34. The summed E-state index contributed by atoms with van der Waals surface area (Å²) < 4.78 is 11.1. The number of nitrogens with two attached hydrogens (primary N) is 1. The largest absolute Gasteiger partial charge is 0.496 e. The molecule has 0 aromatic heterocycles. The van der Waals surface area contributed by atoms with E-state index in [4.69, 9.17) is 20.4 Å². The Morgan fingerprint density at radius 3 is 2.58 bits per heavy atom. The summed E-state index contributed by atoms with van der Waals surface area (Å²) in [6.45, 7) is 7.02. The van der Waals surface area contributed by atoms with Crippen LogP contribution in [0.25, 0.3) is 10.8 Å². The molecule has 11 heteroatoms. The number of amides is 3. The third kappa shape index (κ3) is 6.82. The van der Waals surface area contributed by atoms with Crippen LogP contribution in [0.15, 0.2) is 59.8 Å². The Hall–Kier alpha value is -4.80. The van der Waals surface area contributed by atoms with Gasteiger partial charge in [-0.3, -0.25) is 14.5 Å². The fraction of sp³-hybridized carbons (Fsp3) is 0.375. The molecule has 4 N–H and O–H groups in total. The second-order valence-corrected chi connectivity index (χ2v) is 11.6. The number of ether oxygens (including phenoxy) is 2. The minimum atomic E-state index is -0.871. The predicted octanol–water partition coefficient (Wildman–Crippen LogP) is 4.16. The first-order chi connectivity index (χ1) is 20.3. The molecule has 4 rings (SSSR count). The van der Waals surface area contributed by atoms with Crippen molar-refractivity contribution >= 4 is 40.2 Å². The van der Waals surface area contributed by atoms with Crippen LogP contribution in [0, 0.1) is 0 Å². The summed E-state index contributed by atoms with van der Waals surface area (Å²) in [5, 5.41) is 16.8. The van der Waals surface area contributed by atoms with Crippen LogP contribution in [-0.2, 0) is 27.3 Å². The van der Waals surface area contributed by atoms with Crippen molar-refractivity contribution in [2.75, 3.05) is 19.1 Å². The van der Waals surface area contributed by atoms with Gasteiger partial charge in [0.15, 0.2) is 5.84 Å². The van der Waals surface area contributed by atoms with Gasteiger partial charge in [0, 0.05) is 23.9 Å². The maximum atomic E-state index is 14.2. The Bertz CT molecular complexity index is 1560. The highest BCUT2D eigenvalue weighted by Gasteiger charge is 2.35. The molecule has 0 aliphatic carbocycles. The molecule has 2 atom stereocenters. The second-order valence-electron chi connectivity index (χ2n) is 11.6. The monoisotopic (exact) mass is 589 g/mol. The third-order valence-electron chi connectivity index (χ3n) is 7.54. The molecule has 43 heavy (non-hydrogen) atoms. The molecule has 0 radical (unpaired) electrons. The summed E-state index contributed by atoms with van der Waals surface area (Å²) in [6, 6.07) is 15.0. The van der Waals surface area contributed by atoms with E-state index in [0.717, 1.165) is 27.6 Å². The first kappa shape index (κ1) is 31.1. The number of hydrogen-bond donors (Lipinski definition) is 3. The number of anilines is 1. The fourth-order valence-corrected chi connectivity index (χ4v) is 5.08. The number of aryl methyl sites for hydroxylation is 1. The molecule has 0 fully saturated rings. The van der Waals surface area contributed by atoms with E-state index < -0.39 is 29.7 Å². The number of rotatable bonds is 7. The van der Waals surface area contributed by atoms with Crippen molar-refractivity contribution in [3.63, 3.8) is 0 Å². The van der Waals surface area contributed by atoms with Crippen LogP contribution in [0.4, 0.5) is 10.5 Å². The number of likely N-dealkylation sites (N-methyl/N-ethyl adjacent to an activating group) is 1. The number of benzene rings is 3. The van der Waals surface area contributed by atoms with Crippen molar-refractivity contribution in [2.24, 2.45) is 10.9 Å². The van der Waals surface area contributed by atoms with E-state index in [2.05, 4.69) is 10.5 Å². The van der Waals surface area contributed by atoms with Gasteiger partial charge in [-0.2, -0.15) is 0 Å². The Morgan fingerprint density at radius 1 is 1.19 bits per heavy atom. The lowest BCUT2D eigenvalue weighted by Gasteiger charge is -2.30. The molecule has 0 unspecified atom stereocenters. The molecule has 3 aromatic carbocycles. The smallest absolute Gasteiger partial charge is 0.410 e. The van der Waals surface area contributed by atoms with E-state index >= 15 is 0 Å². The number of fused-ring (bicyclic) bond motifs is 2. The fourth-order valence-electron chi connectivity index (χ4n) is 5.08. The minimum Gasteiger partial charge on any atom is -0.496 e. The molecular formula is C32H39N5O6. The lowest BCUT2D eigenvalue weighted by atomic mass is 9.99. The van der Waals surface area contributed by atoms with Crippen LogP contribution < -0.4 is 20.7 Å². The molecule has 0 saturated carbocycles. The number of hydrogen-bond acceptors (Lipinski definition) is 7. The van der Waals surface area contributed by atoms with Gasteiger partial charge in [0.05, 0.1) is 13.7 Å². The molecule has 1 aliphatic rings. The summed E-state index contributed by atoms with van der Waals surface area (Å²) in [7, 11) is 3.06. The SMILES string of the molecule is COc1ccc2cc(C(N)=NO)ccc2c1CN1C(=O)[C@@H](NC(=O)[C@H](C)N(C)C(=O)OC(C)(C)C)CCc2ccccc21. The predicted molar refractivity (Wildman–Crippen MR) is 164 cm³/mol. The van der Waals surface area contributed by atoms with Gasteiger partial charge in [0.2, 0.25) is 11.8 Å². The van der Waals surface area contributed by atoms with Crippen LogP contribution in [0.1, 0.15) is 50.8 Å². The summed E-state index contributed by atoms with van der Waals surface area (Å²) in [4.78, 5) is 43.0. The molecule has 0 saturated heterocycles. The Balaban J connectivity index is 1.67. The Labute approximate surface area is 251 Å². The Kier molecular flexibility index (Phi) is 9.13. The second kappa shape index (κ2) is 12.6. The number of methoxy groups -OCH3 is 1. The van der Waals surface area contributed by atoms with Crippen LogP contribution in [0.3, 0.4) is 0 Å². The standard InChI is InChI=1S/C32H39N5O6/c1-19(36(5)31(40)43-32(2,3)4)29(38)34-25-15-12-20-9-7-8-10-26(20)37(30(25)39)18-24-23-14-11-22(28(33)35-41)17-21(23)13-16-27(24)42-6/h7-11,13-14,16-17,19,25,41H,12,15,18H2,1-6H3,(H2,33,35)(H,34,38)/t19-,25-/m0/s1. The van der Waals surface area contributed by atoms with Crippen molar-refractivity contribution in [3.8, 4) is 5.75 Å². The number of nitrogens with zero attached hydrogens (tertiary/aromatic N) is 3. The highest BCUT2D eigenvalue weighted by molar-refractivity contribution is 6.03. The number of carbonyl (C=O) groups is 3. The molecule has 1 heterocycles. The third-order valence-corrected chi connectivity index (χ3v) is 7.54. The van der Waals surface area contributed by atoms with Gasteiger partial charge in [0.25, 0.3) is 0 Å². The molecular weight excluding hydrogens is 550 g/mol. The zero-order chi connectivity index (χ0) is 31.5. The van der Waals surface area contributed by atoms with E-state index in [-0.39, 0.29) is 18.3 Å². The lowest BCUT2D eigenvalue weighted by molar-refractivity contribution is -0.130. The van der Waals surface area contributed by atoms with Gasteiger partial charge in [-0.25, -0.2) is 4.79 Å². The average molecular weight is 590 g/mol. The van der Waals surface area contributed by atoms with Crippen LogP contribution >= 0.6 is 0 Å². The summed E-state index contributed by atoms with van der Waals surface area (Å²) in [6.07, 6.45) is 0.321. The van der Waals surface area contributed by atoms with Crippen LogP contribution in [-0.4, -0.2) is 65.7 Å². The summed E-state index contributed by atoms with van der Waals surface area (Å²) in [5.41, 5.74) is 8.13. The molecule has 1 aliphatic heterocycles. The van der Waals surface area contributed by atoms with Crippen molar-refractivity contribution < 1.29 is 29.1 Å². The Morgan fingerprint density at radius 2 is 1.91 bits per heavy atom. The van der Waals surface area contributed by atoms with Gasteiger partial charge in [-0.05, 0) is 75.1 Å². The summed E-state index contributed by atoms with van der Waals surface area (Å²) in [5.74, 6) is -0.165. The number of para-hydroxylation sites is 1. The van der Waals surface area contributed by atoms with Gasteiger partial charge >= 0.3 is 6.09 Å². The molecule has 228 valence electrons. The summed E-state index contributed by atoms with van der Waals surface area (Å²) >= 11 is 0. The van der Waals surface area contributed by atoms with Crippen molar-refractivity contribution in [1.29, 1.82) is 0 Å². The lowest BCUT2D eigenvalue weighted by Crippen LogP contribution is -2.54. The minimum absolute atomic E-state index is 0.0129. The van der Waals surface area contributed by atoms with Crippen LogP contribution in [0.2, 0.25) is 0 Å². The van der Waals surface area contributed by atoms with E-state index in [1.807, 2.05) is 42.5 Å².